The van der Waals surface area contributed by atoms with Crippen molar-refractivity contribution < 1.29 is 4.79 Å². The van der Waals surface area contributed by atoms with Gasteiger partial charge in [0.25, 0.3) is 0 Å². The van der Waals surface area contributed by atoms with Crippen molar-refractivity contribution in [2.75, 3.05) is 25.0 Å². The fraction of sp³-hybridized carbons (Fsp3) is 0.611. The molecule has 1 amide bonds. The van der Waals surface area contributed by atoms with Crippen molar-refractivity contribution in [1.29, 1.82) is 0 Å². The van der Waals surface area contributed by atoms with E-state index in [0.29, 0.717) is 0 Å². The summed E-state index contributed by atoms with van der Waals surface area (Å²) < 4.78 is 0. The lowest BCUT2D eigenvalue weighted by molar-refractivity contribution is -0.127. The Labute approximate surface area is 133 Å². The Hall–Kier alpha value is -1.55. The van der Waals surface area contributed by atoms with Crippen molar-refractivity contribution >= 4 is 11.6 Å². The van der Waals surface area contributed by atoms with Gasteiger partial charge in [-0.15, -0.1) is 0 Å². The highest BCUT2D eigenvalue weighted by Gasteiger charge is 2.33. The highest BCUT2D eigenvalue weighted by atomic mass is 16.1. The van der Waals surface area contributed by atoms with Gasteiger partial charge in [0.05, 0.1) is 0 Å². The third-order valence-corrected chi connectivity index (χ3v) is 4.74. The number of nitrogens with zero attached hydrogens (tertiary/aromatic N) is 1. The topological polar surface area (TPSA) is 44.4 Å². The minimum absolute atomic E-state index is 0.147. The van der Waals surface area contributed by atoms with E-state index in [2.05, 4.69) is 22.5 Å². The molecule has 0 bridgehead atoms. The second-order valence-electron chi connectivity index (χ2n) is 6.70. The summed E-state index contributed by atoms with van der Waals surface area (Å²) >= 11 is 0. The summed E-state index contributed by atoms with van der Waals surface area (Å²) in [6, 6.07) is 11.1. The minimum Gasteiger partial charge on any atom is -0.383 e. The Morgan fingerprint density at radius 1 is 1.18 bits per heavy atom. The van der Waals surface area contributed by atoms with Crippen LogP contribution in [0, 0.1) is 5.92 Å². The average molecular weight is 301 g/mol. The van der Waals surface area contributed by atoms with Crippen LogP contribution in [-0.2, 0) is 4.79 Å². The van der Waals surface area contributed by atoms with Gasteiger partial charge < -0.3 is 15.5 Å². The van der Waals surface area contributed by atoms with E-state index in [0.717, 1.165) is 44.2 Å². The first-order valence-corrected chi connectivity index (χ1v) is 8.55. The maximum atomic E-state index is 12.4. The number of hydrogen-bond donors (Lipinski definition) is 2. The molecule has 1 aromatic carbocycles. The number of piperidine rings is 1. The lowest BCUT2D eigenvalue weighted by atomic mass is 9.95. The highest BCUT2D eigenvalue weighted by molar-refractivity contribution is 5.79. The van der Waals surface area contributed by atoms with Gasteiger partial charge in [0.2, 0.25) is 5.91 Å². The van der Waals surface area contributed by atoms with Crippen LogP contribution in [0.2, 0.25) is 0 Å². The molecule has 1 saturated heterocycles. The molecule has 0 radical (unpaired) electrons. The van der Waals surface area contributed by atoms with E-state index >= 15 is 0 Å². The summed E-state index contributed by atoms with van der Waals surface area (Å²) in [4.78, 5) is 14.9. The summed E-state index contributed by atoms with van der Waals surface area (Å²) in [5, 5.41) is 6.52. The largest absolute Gasteiger partial charge is 0.383 e. The summed E-state index contributed by atoms with van der Waals surface area (Å²) in [7, 11) is 0. The number of carbonyl (C=O) groups excluding carboxylic acids is 1. The number of hydrogen-bond acceptors (Lipinski definition) is 3. The number of nitrogens with one attached hydrogen (secondary N) is 2. The number of benzene rings is 1. The molecule has 1 heterocycles. The molecule has 3 rings (SSSR count). The van der Waals surface area contributed by atoms with Gasteiger partial charge in [0.1, 0.15) is 0 Å². The quantitative estimate of drug-likeness (QED) is 0.848. The molecular formula is C18H27N3O. The van der Waals surface area contributed by atoms with E-state index in [-0.39, 0.29) is 17.9 Å². The average Bonchev–Trinajstić information content (AvgIpc) is 3.39. The van der Waals surface area contributed by atoms with E-state index in [1.165, 1.54) is 12.8 Å². The molecule has 22 heavy (non-hydrogen) atoms. The molecule has 0 spiro atoms. The fourth-order valence-corrected chi connectivity index (χ4v) is 3.21. The molecule has 1 aliphatic carbocycles. The first kappa shape index (κ1) is 15.3. The van der Waals surface area contributed by atoms with Crippen LogP contribution in [0.5, 0.6) is 0 Å². The zero-order valence-electron chi connectivity index (χ0n) is 13.4. The zero-order valence-corrected chi connectivity index (χ0v) is 13.4. The van der Waals surface area contributed by atoms with E-state index in [9.17, 15) is 4.79 Å². The van der Waals surface area contributed by atoms with Gasteiger partial charge in [-0.05, 0) is 57.8 Å². The third kappa shape index (κ3) is 4.23. The number of amides is 1. The zero-order chi connectivity index (χ0) is 15.4. The molecular weight excluding hydrogens is 274 g/mol. The van der Waals surface area contributed by atoms with Gasteiger partial charge in [-0.1, -0.05) is 18.2 Å². The van der Waals surface area contributed by atoms with Crippen LogP contribution in [0.1, 0.15) is 32.6 Å². The van der Waals surface area contributed by atoms with Gasteiger partial charge in [-0.2, -0.15) is 0 Å². The van der Waals surface area contributed by atoms with Crippen molar-refractivity contribution in [3.8, 4) is 0 Å². The van der Waals surface area contributed by atoms with Crippen molar-refractivity contribution in [3.63, 3.8) is 0 Å². The van der Waals surface area contributed by atoms with Crippen molar-refractivity contribution in [1.82, 2.24) is 10.2 Å². The first-order valence-electron chi connectivity index (χ1n) is 8.55. The molecule has 2 aliphatic rings. The molecule has 1 atom stereocenters. The van der Waals surface area contributed by atoms with Gasteiger partial charge in [0.15, 0.2) is 0 Å². The molecule has 1 aliphatic heterocycles. The number of para-hydroxylation sites is 1. The van der Waals surface area contributed by atoms with Crippen LogP contribution < -0.4 is 10.6 Å². The molecule has 2 fully saturated rings. The van der Waals surface area contributed by atoms with Gasteiger partial charge in [0, 0.05) is 30.2 Å². The van der Waals surface area contributed by atoms with E-state index in [4.69, 9.17) is 0 Å². The predicted octanol–water partition coefficient (Wildman–Crippen LogP) is 2.48. The van der Waals surface area contributed by atoms with Crippen LogP contribution in [0.4, 0.5) is 5.69 Å². The maximum absolute atomic E-state index is 12.4. The molecule has 0 unspecified atom stereocenters. The van der Waals surface area contributed by atoms with Gasteiger partial charge in [-0.3, -0.25) is 4.79 Å². The summed E-state index contributed by atoms with van der Waals surface area (Å²) in [6.07, 6.45) is 4.75. The summed E-state index contributed by atoms with van der Waals surface area (Å²) in [6.45, 7) is 5.02. The fourth-order valence-electron chi connectivity index (χ4n) is 3.21. The van der Waals surface area contributed by atoms with Gasteiger partial charge >= 0.3 is 0 Å². The number of rotatable bonds is 6. The first-order chi connectivity index (χ1) is 10.7. The Bertz CT molecular complexity index is 478. The van der Waals surface area contributed by atoms with Crippen LogP contribution in [0.3, 0.4) is 0 Å². The third-order valence-electron chi connectivity index (χ3n) is 4.74. The minimum atomic E-state index is 0.147. The van der Waals surface area contributed by atoms with E-state index in [1.54, 1.807) is 0 Å². The SMILES string of the molecule is C[C@H](CNc1ccccc1)NC(=O)C1CCN(C2CC2)CC1. The Balaban J connectivity index is 1.37. The number of likely N-dealkylation sites (tertiary alicyclic amines) is 1. The normalized spacial score (nSPS) is 21.3. The molecule has 0 aromatic heterocycles. The second-order valence-corrected chi connectivity index (χ2v) is 6.70. The Kier molecular flexibility index (Phi) is 4.98. The monoisotopic (exact) mass is 301 g/mol. The molecule has 2 N–H and O–H groups in total. The van der Waals surface area contributed by atoms with Crippen LogP contribution in [0.15, 0.2) is 30.3 Å². The Morgan fingerprint density at radius 3 is 2.50 bits per heavy atom. The molecule has 1 saturated carbocycles. The summed E-state index contributed by atoms with van der Waals surface area (Å²) in [5.74, 6) is 0.437. The highest BCUT2D eigenvalue weighted by Crippen LogP contribution is 2.30. The van der Waals surface area contributed by atoms with Crippen molar-refractivity contribution in [2.45, 2.75) is 44.7 Å². The standard InChI is InChI=1S/C18H27N3O/c1-14(13-19-16-5-3-2-4-6-16)20-18(22)15-9-11-21(12-10-15)17-7-8-17/h2-6,14-15,17,19H,7-13H2,1H3,(H,20,22)/t14-/m1/s1. The van der Waals surface area contributed by atoms with Crippen molar-refractivity contribution in [2.24, 2.45) is 5.92 Å². The van der Waals surface area contributed by atoms with Crippen LogP contribution in [-0.4, -0.2) is 42.5 Å². The Morgan fingerprint density at radius 2 is 1.86 bits per heavy atom. The van der Waals surface area contributed by atoms with Crippen molar-refractivity contribution in [3.05, 3.63) is 30.3 Å². The number of anilines is 1. The lowest BCUT2D eigenvalue weighted by Gasteiger charge is -2.31. The predicted molar refractivity (Wildman–Crippen MR) is 89.9 cm³/mol. The molecule has 4 heteroatoms. The van der Waals surface area contributed by atoms with Gasteiger partial charge in [-0.25, -0.2) is 0 Å². The molecule has 1 aromatic rings. The van der Waals surface area contributed by atoms with Crippen LogP contribution in [0.25, 0.3) is 0 Å². The molecule has 120 valence electrons. The molecule has 4 nitrogen and oxygen atoms in total. The maximum Gasteiger partial charge on any atom is 0.223 e. The second kappa shape index (κ2) is 7.14. The summed E-state index contributed by atoms with van der Waals surface area (Å²) in [5.41, 5.74) is 1.10. The number of carbonyl (C=O) groups is 1. The smallest absolute Gasteiger partial charge is 0.223 e. The van der Waals surface area contributed by atoms with Crippen LogP contribution >= 0.6 is 0 Å². The lowest BCUT2D eigenvalue weighted by Crippen LogP contribution is -2.45. The van der Waals surface area contributed by atoms with E-state index < -0.39 is 0 Å². The van der Waals surface area contributed by atoms with E-state index in [1.807, 2.05) is 30.3 Å².